The number of methoxy groups -OCH3 is 1. The molecule has 0 amide bonds. The number of hydrogen-bond acceptors (Lipinski definition) is 4. The van der Waals surface area contributed by atoms with Gasteiger partial charge in [0.25, 0.3) is 0 Å². The highest BCUT2D eigenvalue weighted by molar-refractivity contribution is 7.89. The van der Waals surface area contributed by atoms with E-state index in [0.717, 1.165) is 27.8 Å². The standard InChI is InChI=1S/C27H27NO4S/c1-18-5-11-21(12-6-18)17-24(27(29)32-4)26-25(22-13-7-19(2)8-14-22)28(26)33(30,31)23-15-9-20(3)10-16-23/h5-17,25-26H,1-4H3/b24-17+/t25-,26+,28?/m0/s1. The molecule has 4 rings (SSSR count). The molecule has 0 bridgehead atoms. The van der Waals surface area contributed by atoms with Crippen molar-refractivity contribution in [2.75, 3.05) is 7.11 Å². The predicted octanol–water partition coefficient (Wildman–Crippen LogP) is 4.98. The van der Waals surface area contributed by atoms with Crippen molar-refractivity contribution in [3.63, 3.8) is 0 Å². The Morgan fingerprint density at radius 3 is 1.82 bits per heavy atom. The number of benzene rings is 3. The first-order chi connectivity index (χ1) is 15.7. The molecule has 0 saturated carbocycles. The number of rotatable bonds is 6. The summed E-state index contributed by atoms with van der Waals surface area (Å²) >= 11 is 0. The zero-order valence-corrected chi connectivity index (χ0v) is 20.0. The highest BCUT2D eigenvalue weighted by Crippen LogP contribution is 2.51. The molecule has 3 atom stereocenters. The van der Waals surface area contributed by atoms with Crippen molar-refractivity contribution in [3.8, 4) is 0 Å². The van der Waals surface area contributed by atoms with E-state index in [-0.39, 0.29) is 4.90 Å². The van der Waals surface area contributed by atoms with Crippen molar-refractivity contribution in [2.45, 2.75) is 37.8 Å². The number of aryl methyl sites for hydroxylation is 3. The summed E-state index contributed by atoms with van der Waals surface area (Å²) in [4.78, 5) is 13.0. The molecule has 0 aromatic heterocycles. The molecule has 1 saturated heterocycles. The molecule has 1 unspecified atom stereocenters. The number of ether oxygens (including phenoxy) is 1. The van der Waals surface area contributed by atoms with E-state index in [0.29, 0.717) is 5.57 Å². The lowest BCUT2D eigenvalue weighted by molar-refractivity contribution is -0.136. The van der Waals surface area contributed by atoms with Gasteiger partial charge in [0, 0.05) is 0 Å². The zero-order valence-electron chi connectivity index (χ0n) is 19.1. The highest BCUT2D eigenvalue weighted by atomic mass is 32.2. The molecule has 0 spiro atoms. The van der Waals surface area contributed by atoms with Crippen LogP contribution in [0.2, 0.25) is 0 Å². The Bertz CT molecular complexity index is 1290. The SMILES string of the molecule is COC(=O)/C(=C/c1ccc(C)cc1)[C@@H]1[C@H](c2ccc(C)cc2)N1S(=O)(=O)c1ccc(C)cc1. The van der Waals surface area contributed by atoms with Crippen LogP contribution < -0.4 is 0 Å². The van der Waals surface area contributed by atoms with E-state index in [9.17, 15) is 13.2 Å². The number of nitrogens with zero attached hydrogens (tertiary/aromatic N) is 1. The average Bonchev–Trinajstić information content (AvgIpc) is 3.55. The first-order valence-electron chi connectivity index (χ1n) is 10.8. The Labute approximate surface area is 195 Å². The van der Waals surface area contributed by atoms with Crippen LogP contribution in [0.4, 0.5) is 0 Å². The fraction of sp³-hybridized carbons (Fsp3) is 0.222. The van der Waals surface area contributed by atoms with E-state index >= 15 is 0 Å². The lowest BCUT2D eigenvalue weighted by Gasteiger charge is -2.09. The maximum absolute atomic E-state index is 13.6. The summed E-state index contributed by atoms with van der Waals surface area (Å²) in [5, 5.41) is 0. The van der Waals surface area contributed by atoms with Gasteiger partial charge in [0.2, 0.25) is 10.0 Å². The summed E-state index contributed by atoms with van der Waals surface area (Å²) in [6.45, 7) is 5.87. The number of carbonyl (C=O) groups is 1. The molecule has 5 nitrogen and oxygen atoms in total. The smallest absolute Gasteiger partial charge is 0.335 e. The van der Waals surface area contributed by atoms with Crippen LogP contribution in [0.1, 0.15) is 33.9 Å². The first-order valence-corrected chi connectivity index (χ1v) is 12.2. The van der Waals surface area contributed by atoms with Gasteiger partial charge in [-0.3, -0.25) is 0 Å². The molecule has 0 radical (unpaired) electrons. The molecule has 1 aliphatic rings. The Morgan fingerprint density at radius 2 is 1.30 bits per heavy atom. The summed E-state index contributed by atoms with van der Waals surface area (Å²) in [7, 11) is -2.53. The maximum Gasteiger partial charge on any atom is 0.335 e. The van der Waals surface area contributed by atoms with Crippen molar-refractivity contribution in [1.29, 1.82) is 0 Å². The van der Waals surface area contributed by atoms with E-state index in [2.05, 4.69) is 0 Å². The van der Waals surface area contributed by atoms with Crippen LogP contribution in [0.5, 0.6) is 0 Å². The summed E-state index contributed by atoms with van der Waals surface area (Å²) in [6.07, 6.45) is 1.72. The van der Waals surface area contributed by atoms with E-state index in [1.54, 1.807) is 30.3 Å². The average molecular weight is 462 g/mol. The molecule has 1 aliphatic heterocycles. The van der Waals surface area contributed by atoms with Gasteiger partial charge in [0.1, 0.15) is 0 Å². The predicted molar refractivity (Wildman–Crippen MR) is 129 cm³/mol. The number of carbonyl (C=O) groups excluding carboxylic acids is 1. The Morgan fingerprint density at radius 1 is 0.818 bits per heavy atom. The minimum absolute atomic E-state index is 0.201. The van der Waals surface area contributed by atoms with Crippen LogP contribution in [-0.4, -0.2) is 31.8 Å². The van der Waals surface area contributed by atoms with Crippen molar-refractivity contribution < 1.29 is 17.9 Å². The minimum atomic E-state index is -3.84. The van der Waals surface area contributed by atoms with Gasteiger partial charge in [-0.15, -0.1) is 0 Å². The maximum atomic E-state index is 13.6. The van der Waals surface area contributed by atoms with Gasteiger partial charge in [-0.1, -0.05) is 77.4 Å². The molecule has 170 valence electrons. The van der Waals surface area contributed by atoms with Crippen LogP contribution in [0, 0.1) is 20.8 Å². The molecule has 3 aromatic rings. The summed E-state index contributed by atoms with van der Waals surface area (Å²) < 4.78 is 33.7. The summed E-state index contributed by atoms with van der Waals surface area (Å²) in [5.41, 5.74) is 5.10. The monoisotopic (exact) mass is 461 g/mol. The van der Waals surface area contributed by atoms with Crippen molar-refractivity contribution in [1.82, 2.24) is 4.31 Å². The summed E-state index contributed by atoms with van der Waals surface area (Å²) in [5.74, 6) is -0.542. The molecule has 1 fully saturated rings. The van der Waals surface area contributed by atoms with Crippen LogP contribution in [-0.2, 0) is 19.6 Å². The minimum Gasteiger partial charge on any atom is -0.466 e. The zero-order chi connectivity index (χ0) is 23.8. The fourth-order valence-electron chi connectivity index (χ4n) is 3.97. The summed E-state index contributed by atoms with van der Waals surface area (Å²) in [6, 6.07) is 21.0. The van der Waals surface area contributed by atoms with Crippen LogP contribution in [0.15, 0.2) is 83.3 Å². The van der Waals surface area contributed by atoms with Crippen molar-refractivity contribution in [3.05, 3.63) is 106 Å². The molecule has 6 heteroatoms. The van der Waals surface area contributed by atoms with Gasteiger partial charge < -0.3 is 4.74 Å². The fourth-order valence-corrected chi connectivity index (χ4v) is 5.70. The van der Waals surface area contributed by atoms with E-state index < -0.39 is 28.1 Å². The van der Waals surface area contributed by atoms with Crippen LogP contribution in [0.3, 0.4) is 0 Å². The second-order valence-electron chi connectivity index (χ2n) is 8.45. The van der Waals surface area contributed by atoms with Gasteiger partial charge in [0.05, 0.1) is 29.7 Å². The Balaban J connectivity index is 1.82. The van der Waals surface area contributed by atoms with Gasteiger partial charge in [-0.25, -0.2) is 13.2 Å². The highest BCUT2D eigenvalue weighted by Gasteiger charge is 2.59. The topological polar surface area (TPSA) is 63.5 Å². The van der Waals surface area contributed by atoms with Crippen molar-refractivity contribution in [2.24, 2.45) is 0 Å². The normalized spacial score (nSPS) is 20.4. The van der Waals surface area contributed by atoms with E-state index in [1.807, 2.05) is 69.3 Å². The largest absolute Gasteiger partial charge is 0.466 e. The molecular weight excluding hydrogens is 434 g/mol. The van der Waals surface area contributed by atoms with Gasteiger partial charge >= 0.3 is 5.97 Å². The molecule has 0 aliphatic carbocycles. The van der Waals surface area contributed by atoms with E-state index in [1.165, 1.54) is 11.4 Å². The molecule has 33 heavy (non-hydrogen) atoms. The third-order valence-corrected chi connectivity index (χ3v) is 7.79. The number of esters is 1. The lowest BCUT2D eigenvalue weighted by atomic mass is 10.0. The molecular formula is C27H27NO4S. The molecule has 0 N–H and O–H groups in total. The Kier molecular flexibility index (Phi) is 6.23. The number of hydrogen-bond donors (Lipinski definition) is 0. The van der Waals surface area contributed by atoms with Crippen molar-refractivity contribution >= 4 is 22.1 Å². The van der Waals surface area contributed by atoms with Crippen LogP contribution in [0.25, 0.3) is 6.08 Å². The third-order valence-electron chi connectivity index (χ3n) is 5.91. The van der Waals surface area contributed by atoms with Gasteiger partial charge in [-0.2, -0.15) is 4.31 Å². The molecule has 1 heterocycles. The number of sulfonamides is 1. The second-order valence-corrected chi connectivity index (χ2v) is 10.3. The molecule has 3 aromatic carbocycles. The lowest BCUT2D eigenvalue weighted by Crippen LogP contribution is -2.19. The van der Waals surface area contributed by atoms with Crippen LogP contribution >= 0.6 is 0 Å². The van der Waals surface area contributed by atoms with Gasteiger partial charge in [-0.05, 0) is 50.1 Å². The van der Waals surface area contributed by atoms with Gasteiger partial charge in [0.15, 0.2) is 0 Å². The van der Waals surface area contributed by atoms with E-state index in [4.69, 9.17) is 4.74 Å². The first kappa shape index (κ1) is 23.0. The third kappa shape index (κ3) is 4.63. The quantitative estimate of drug-likeness (QED) is 0.295. The second kappa shape index (κ2) is 8.96. The Hall–Kier alpha value is -3.22.